The predicted molar refractivity (Wildman–Crippen MR) is 99.2 cm³/mol. The number of nitrogens with zero attached hydrogens (tertiary/aromatic N) is 2. The topological polar surface area (TPSA) is 147 Å². The van der Waals surface area contributed by atoms with E-state index in [2.05, 4.69) is 15.3 Å². The zero-order valence-corrected chi connectivity index (χ0v) is 14.8. The van der Waals surface area contributed by atoms with Gasteiger partial charge in [-0.05, 0) is 30.5 Å². The molecule has 26 heavy (non-hydrogen) atoms. The summed E-state index contributed by atoms with van der Waals surface area (Å²) in [6, 6.07) is 6.57. The third-order valence-corrected chi connectivity index (χ3v) is 3.82. The number of hydrogen-bond donors (Lipinski definition) is 4. The van der Waals surface area contributed by atoms with E-state index in [1.165, 1.54) is 0 Å². The first kappa shape index (κ1) is 19.1. The SMILES string of the molecule is Cc1cccc(Nc2nc(N(N)[C@@H](C=O)C(C)C)[nH]c(=O)c2C(N)=O)c1. The highest BCUT2D eigenvalue weighted by molar-refractivity contribution is 5.98. The molecule has 138 valence electrons. The number of H-pyrrole nitrogens is 1. The predicted octanol–water partition coefficient (Wildman–Crippen LogP) is 0.824. The van der Waals surface area contributed by atoms with Crippen molar-refractivity contribution < 1.29 is 9.59 Å². The lowest BCUT2D eigenvalue weighted by atomic mass is 10.1. The molecule has 1 amide bonds. The van der Waals surface area contributed by atoms with Crippen LogP contribution in [0.1, 0.15) is 29.8 Å². The summed E-state index contributed by atoms with van der Waals surface area (Å²) in [6.45, 7) is 5.51. The molecule has 1 heterocycles. The fourth-order valence-electron chi connectivity index (χ4n) is 2.45. The van der Waals surface area contributed by atoms with Crippen LogP contribution in [0.25, 0.3) is 0 Å². The number of aryl methyl sites for hydroxylation is 1. The van der Waals surface area contributed by atoms with Crippen LogP contribution in [0, 0.1) is 12.8 Å². The average molecular weight is 358 g/mol. The Morgan fingerprint density at radius 3 is 2.62 bits per heavy atom. The van der Waals surface area contributed by atoms with E-state index in [4.69, 9.17) is 11.6 Å². The third-order valence-electron chi connectivity index (χ3n) is 3.82. The Balaban J connectivity index is 2.54. The molecule has 0 saturated heterocycles. The van der Waals surface area contributed by atoms with E-state index in [0.29, 0.717) is 12.0 Å². The van der Waals surface area contributed by atoms with E-state index in [1.807, 2.05) is 25.1 Å². The number of carbonyl (C=O) groups is 2. The van der Waals surface area contributed by atoms with Gasteiger partial charge in [-0.2, -0.15) is 4.98 Å². The molecule has 1 aromatic heterocycles. The van der Waals surface area contributed by atoms with Crippen LogP contribution in [0.2, 0.25) is 0 Å². The molecule has 1 aromatic carbocycles. The number of nitrogens with one attached hydrogen (secondary N) is 2. The summed E-state index contributed by atoms with van der Waals surface area (Å²) in [6.07, 6.45) is 0.667. The zero-order valence-electron chi connectivity index (χ0n) is 14.8. The first-order valence-electron chi connectivity index (χ1n) is 8.01. The molecule has 6 N–H and O–H groups in total. The standard InChI is InChI=1S/C17H22N6O3/c1-9(2)12(8-24)23(19)17-21-15(13(14(18)25)16(26)22-17)20-11-6-4-5-10(3)7-11/h4-9,12H,19H2,1-3H3,(H2,18,25)(H2,20,21,22,26)/t12-/m0/s1. The summed E-state index contributed by atoms with van der Waals surface area (Å²) in [5.41, 5.74) is 5.84. The van der Waals surface area contributed by atoms with Crippen molar-refractivity contribution in [1.29, 1.82) is 0 Å². The van der Waals surface area contributed by atoms with Gasteiger partial charge in [0.1, 0.15) is 17.9 Å². The lowest BCUT2D eigenvalue weighted by Crippen LogP contribution is -2.47. The molecule has 0 aliphatic carbocycles. The molecule has 0 aliphatic heterocycles. The molecule has 2 rings (SSSR count). The molecule has 0 unspecified atom stereocenters. The number of hydrazine groups is 1. The van der Waals surface area contributed by atoms with E-state index in [1.54, 1.807) is 19.9 Å². The molecular formula is C17H22N6O3. The maximum atomic E-state index is 12.3. The number of aromatic nitrogens is 2. The number of primary amides is 1. The van der Waals surface area contributed by atoms with Crippen molar-refractivity contribution >= 4 is 29.6 Å². The molecule has 0 fully saturated rings. The van der Waals surface area contributed by atoms with E-state index in [-0.39, 0.29) is 23.2 Å². The van der Waals surface area contributed by atoms with Crippen molar-refractivity contribution in [2.75, 3.05) is 10.3 Å². The Labute approximate surface area is 150 Å². The number of nitrogens with two attached hydrogens (primary N) is 2. The summed E-state index contributed by atoms with van der Waals surface area (Å²) in [5, 5.41) is 3.98. The highest BCUT2D eigenvalue weighted by atomic mass is 16.2. The lowest BCUT2D eigenvalue weighted by molar-refractivity contribution is -0.109. The number of aldehydes is 1. The molecule has 0 radical (unpaired) electrons. The van der Waals surface area contributed by atoms with Crippen LogP contribution in [-0.2, 0) is 4.79 Å². The van der Waals surface area contributed by atoms with Gasteiger partial charge in [0.25, 0.3) is 11.5 Å². The van der Waals surface area contributed by atoms with Crippen LogP contribution >= 0.6 is 0 Å². The van der Waals surface area contributed by atoms with Crippen molar-refractivity contribution in [3.63, 3.8) is 0 Å². The van der Waals surface area contributed by atoms with Gasteiger partial charge in [-0.25, -0.2) is 5.84 Å². The van der Waals surface area contributed by atoms with Crippen LogP contribution < -0.4 is 27.5 Å². The van der Waals surface area contributed by atoms with Crippen LogP contribution in [0.5, 0.6) is 0 Å². The largest absolute Gasteiger partial charge is 0.365 e. The molecule has 9 heteroatoms. The molecule has 0 aliphatic rings. The minimum Gasteiger partial charge on any atom is -0.365 e. The smallest absolute Gasteiger partial charge is 0.267 e. The molecule has 0 saturated carbocycles. The Morgan fingerprint density at radius 2 is 2.08 bits per heavy atom. The molecule has 0 spiro atoms. The van der Waals surface area contributed by atoms with Gasteiger partial charge in [0.2, 0.25) is 5.95 Å². The quantitative estimate of drug-likeness (QED) is 0.325. The normalized spacial score (nSPS) is 11.9. The second-order valence-corrected chi connectivity index (χ2v) is 6.25. The fourth-order valence-corrected chi connectivity index (χ4v) is 2.45. The zero-order chi connectivity index (χ0) is 19.4. The Kier molecular flexibility index (Phi) is 5.73. The maximum absolute atomic E-state index is 12.3. The van der Waals surface area contributed by atoms with Gasteiger partial charge in [-0.15, -0.1) is 0 Å². The minimum atomic E-state index is -0.931. The van der Waals surface area contributed by atoms with Gasteiger partial charge in [0, 0.05) is 5.69 Å². The first-order chi connectivity index (χ1) is 12.2. The molecule has 9 nitrogen and oxygen atoms in total. The van der Waals surface area contributed by atoms with Gasteiger partial charge >= 0.3 is 0 Å². The maximum Gasteiger partial charge on any atom is 0.267 e. The van der Waals surface area contributed by atoms with Crippen molar-refractivity contribution in [3.8, 4) is 0 Å². The summed E-state index contributed by atoms with van der Waals surface area (Å²) in [7, 11) is 0. The van der Waals surface area contributed by atoms with Crippen molar-refractivity contribution in [2.24, 2.45) is 17.5 Å². The molecule has 1 atom stereocenters. The van der Waals surface area contributed by atoms with Crippen molar-refractivity contribution in [3.05, 3.63) is 45.7 Å². The van der Waals surface area contributed by atoms with E-state index < -0.39 is 17.5 Å². The average Bonchev–Trinajstić information content (AvgIpc) is 2.54. The van der Waals surface area contributed by atoms with Crippen LogP contribution in [0.3, 0.4) is 0 Å². The number of rotatable bonds is 7. The molecular weight excluding hydrogens is 336 g/mol. The fraction of sp³-hybridized carbons (Fsp3) is 0.294. The second-order valence-electron chi connectivity index (χ2n) is 6.25. The third kappa shape index (κ3) is 4.06. The minimum absolute atomic E-state index is 0.0364. The lowest BCUT2D eigenvalue weighted by Gasteiger charge is -2.26. The summed E-state index contributed by atoms with van der Waals surface area (Å²) < 4.78 is 0. The Morgan fingerprint density at radius 1 is 1.38 bits per heavy atom. The number of benzene rings is 1. The number of carbonyl (C=O) groups excluding carboxylic acids is 2. The monoisotopic (exact) mass is 358 g/mol. The Bertz CT molecular complexity index is 877. The highest BCUT2D eigenvalue weighted by Gasteiger charge is 2.24. The summed E-state index contributed by atoms with van der Waals surface area (Å²) in [4.78, 5) is 41.9. The first-order valence-corrected chi connectivity index (χ1v) is 8.01. The van der Waals surface area contributed by atoms with E-state index in [0.717, 1.165) is 10.6 Å². The summed E-state index contributed by atoms with van der Waals surface area (Å²) >= 11 is 0. The number of hydrogen-bond acceptors (Lipinski definition) is 7. The number of amides is 1. The van der Waals surface area contributed by atoms with Crippen molar-refractivity contribution in [1.82, 2.24) is 9.97 Å². The highest BCUT2D eigenvalue weighted by Crippen LogP contribution is 2.20. The van der Waals surface area contributed by atoms with Gasteiger partial charge < -0.3 is 15.8 Å². The second kappa shape index (κ2) is 7.79. The summed E-state index contributed by atoms with van der Waals surface area (Å²) in [5.74, 6) is 4.82. The Hall–Kier alpha value is -3.20. The van der Waals surface area contributed by atoms with Crippen LogP contribution in [0.15, 0.2) is 29.1 Å². The molecule has 2 aromatic rings. The van der Waals surface area contributed by atoms with Gasteiger partial charge in [0.05, 0.1) is 0 Å². The van der Waals surface area contributed by atoms with E-state index in [9.17, 15) is 14.4 Å². The van der Waals surface area contributed by atoms with Gasteiger partial charge in [0.15, 0.2) is 5.82 Å². The molecule has 0 bridgehead atoms. The number of aromatic amines is 1. The van der Waals surface area contributed by atoms with Crippen LogP contribution in [-0.4, -0.2) is 28.2 Å². The number of anilines is 3. The van der Waals surface area contributed by atoms with Gasteiger partial charge in [-0.1, -0.05) is 26.0 Å². The van der Waals surface area contributed by atoms with Crippen molar-refractivity contribution in [2.45, 2.75) is 26.8 Å². The van der Waals surface area contributed by atoms with E-state index >= 15 is 0 Å². The van der Waals surface area contributed by atoms with Gasteiger partial charge in [-0.3, -0.25) is 19.6 Å². The van der Waals surface area contributed by atoms with Crippen LogP contribution in [0.4, 0.5) is 17.5 Å².